The van der Waals surface area contributed by atoms with Crippen molar-refractivity contribution in [2.75, 3.05) is 13.2 Å². The van der Waals surface area contributed by atoms with E-state index in [0.717, 1.165) is 18.6 Å². The van der Waals surface area contributed by atoms with Gasteiger partial charge in [0.15, 0.2) is 23.3 Å². The predicted octanol–water partition coefficient (Wildman–Crippen LogP) is 9.18. The summed E-state index contributed by atoms with van der Waals surface area (Å²) in [4.78, 5) is 27.0. The molecule has 2 aromatic carbocycles. The average molecular weight is 617 g/mol. The zero-order chi connectivity index (χ0) is 33.1. The lowest BCUT2D eigenvalue weighted by molar-refractivity contribution is -0.147. The first-order valence-corrected chi connectivity index (χ1v) is 14.5. The quantitative estimate of drug-likeness (QED) is 0.0399. The van der Waals surface area contributed by atoms with Gasteiger partial charge in [-0.3, -0.25) is 9.63 Å². The molecule has 0 heterocycles. The maximum atomic E-state index is 13.1. The molecule has 6 nitrogen and oxygen atoms in total. The Morgan fingerprint density at radius 2 is 1.30 bits per heavy atom. The van der Waals surface area contributed by atoms with Gasteiger partial charge in [-0.2, -0.15) is 0 Å². The molecule has 0 saturated carbocycles. The van der Waals surface area contributed by atoms with E-state index in [9.17, 15) is 31.5 Å². The number of nitrogens with one attached hydrogen (secondary N) is 1. The van der Waals surface area contributed by atoms with Gasteiger partial charge in [0, 0.05) is 5.56 Å². The fraction of sp³-hybridized carbons (Fsp3) is 0.531. The number of hydrogen-bond acceptors (Lipinski definition) is 5. The lowest BCUT2D eigenvalue weighted by Crippen LogP contribution is -2.28. The van der Waals surface area contributed by atoms with Gasteiger partial charge in [0.25, 0.3) is 0 Å². The number of oxime groups is 1. The van der Waals surface area contributed by atoms with Gasteiger partial charge in [0.1, 0.15) is 6.61 Å². The van der Waals surface area contributed by atoms with Crippen LogP contribution in [0.25, 0.3) is 0 Å². The lowest BCUT2D eigenvalue weighted by Gasteiger charge is -2.12. The second-order valence-corrected chi connectivity index (χ2v) is 9.98. The fourth-order valence-corrected chi connectivity index (χ4v) is 3.11. The van der Waals surface area contributed by atoms with Crippen molar-refractivity contribution >= 4 is 17.8 Å². The van der Waals surface area contributed by atoms with Crippen LogP contribution in [0.2, 0.25) is 0 Å². The van der Waals surface area contributed by atoms with Gasteiger partial charge >= 0.3 is 12.1 Å². The molecule has 0 aliphatic carbocycles. The monoisotopic (exact) mass is 616 g/mol. The molecule has 11 heteroatoms. The van der Waals surface area contributed by atoms with Crippen molar-refractivity contribution in [1.82, 2.24) is 5.32 Å². The molecule has 0 aliphatic heterocycles. The Morgan fingerprint density at radius 3 is 1.77 bits per heavy atom. The van der Waals surface area contributed by atoms with E-state index in [4.69, 9.17) is 4.74 Å². The molecule has 0 radical (unpaired) electrons. The minimum Gasteiger partial charge on any atom is -0.464 e. The standard InChI is InChI=1S/C12H22N2O4.C10H9F5.C10H14/c1-5-9(3)11(15)17-8-7-13-12(16)18-14-10(4)6-2;1-3-4(2)5-6(11)8(13)10(15)9(14)7(5)12;1-3-9(2)10-7-5-4-6-8-10/h9H,5-8H2,1-4H3,(H,13,16);4H,3H2,1-2H3;4-9H,3H2,1-2H3. The molecule has 0 fully saturated rings. The molecular weight excluding hydrogens is 571 g/mol. The van der Waals surface area contributed by atoms with Gasteiger partial charge in [-0.15, -0.1) is 0 Å². The molecule has 0 spiro atoms. The van der Waals surface area contributed by atoms with Crippen LogP contribution < -0.4 is 5.32 Å². The number of rotatable bonds is 11. The second-order valence-electron chi connectivity index (χ2n) is 9.98. The Kier molecular flexibility index (Phi) is 19.5. The van der Waals surface area contributed by atoms with E-state index in [0.29, 0.717) is 12.3 Å². The first-order chi connectivity index (χ1) is 20.3. The highest BCUT2D eigenvalue weighted by Crippen LogP contribution is 2.30. The highest BCUT2D eigenvalue weighted by atomic mass is 19.2. The first kappa shape index (κ1) is 39.5. The van der Waals surface area contributed by atoms with Gasteiger partial charge in [0.05, 0.1) is 18.2 Å². The van der Waals surface area contributed by atoms with Crippen LogP contribution >= 0.6 is 0 Å². The van der Waals surface area contributed by atoms with Gasteiger partial charge in [-0.1, -0.05) is 84.0 Å². The number of esters is 1. The third-order valence-electron chi connectivity index (χ3n) is 6.76. The molecule has 1 amide bonds. The van der Waals surface area contributed by atoms with Crippen molar-refractivity contribution in [1.29, 1.82) is 0 Å². The predicted molar refractivity (Wildman–Crippen MR) is 158 cm³/mol. The summed E-state index contributed by atoms with van der Waals surface area (Å²) in [5, 5.41) is 6.02. The molecule has 3 unspecified atom stereocenters. The summed E-state index contributed by atoms with van der Waals surface area (Å²) in [6.45, 7) is 15.2. The summed E-state index contributed by atoms with van der Waals surface area (Å²) in [5.41, 5.74) is 1.44. The summed E-state index contributed by atoms with van der Waals surface area (Å²) in [5.74, 6) is -9.73. The lowest BCUT2D eigenvalue weighted by atomic mass is 9.97. The van der Waals surface area contributed by atoms with Crippen molar-refractivity contribution in [3.05, 3.63) is 70.5 Å². The number of hydrogen-bond donors (Lipinski definition) is 1. The summed E-state index contributed by atoms with van der Waals surface area (Å²) < 4.78 is 69.3. The van der Waals surface area contributed by atoms with Crippen molar-refractivity contribution in [3.8, 4) is 0 Å². The van der Waals surface area contributed by atoms with Crippen LogP contribution in [-0.4, -0.2) is 30.9 Å². The zero-order valence-electron chi connectivity index (χ0n) is 26.3. The van der Waals surface area contributed by atoms with Crippen molar-refractivity contribution in [3.63, 3.8) is 0 Å². The van der Waals surface area contributed by atoms with Crippen molar-refractivity contribution < 1.29 is 41.1 Å². The molecule has 0 bridgehead atoms. The number of benzene rings is 2. The largest absolute Gasteiger partial charge is 0.464 e. The summed E-state index contributed by atoms with van der Waals surface area (Å²) in [7, 11) is 0. The number of nitrogens with zero attached hydrogens (tertiary/aromatic N) is 1. The van der Waals surface area contributed by atoms with E-state index in [1.54, 1.807) is 20.8 Å². The van der Waals surface area contributed by atoms with E-state index in [1.165, 1.54) is 18.9 Å². The Hall–Kier alpha value is -3.50. The van der Waals surface area contributed by atoms with Gasteiger partial charge < -0.3 is 10.1 Å². The topological polar surface area (TPSA) is 77.0 Å². The minimum atomic E-state index is -2.11. The van der Waals surface area contributed by atoms with Crippen LogP contribution in [0.5, 0.6) is 0 Å². The number of amides is 1. The van der Waals surface area contributed by atoms with Gasteiger partial charge in [-0.25, -0.2) is 26.7 Å². The van der Waals surface area contributed by atoms with Crippen LogP contribution in [-0.2, 0) is 14.4 Å². The van der Waals surface area contributed by atoms with Crippen LogP contribution in [0.15, 0.2) is 35.5 Å². The van der Waals surface area contributed by atoms with Crippen molar-refractivity contribution in [2.45, 2.75) is 92.9 Å². The van der Waals surface area contributed by atoms with Gasteiger partial charge in [-0.05, 0) is 50.0 Å². The summed E-state index contributed by atoms with van der Waals surface area (Å²) in [6.07, 6.45) is 2.32. The van der Waals surface area contributed by atoms with E-state index in [1.807, 2.05) is 13.8 Å². The van der Waals surface area contributed by atoms with Crippen LogP contribution in [0.4, 0.5) is 26.7 Å². The molecule has 43 heavy (non-hydrogen) atoms. The Balaban J connectivity index is 0.000000638. The number of carbonyl (C=O) groups is 2. The Labute approximate surface area is 252 Å². The Bertz CT molecular complexity index is 1130. The maximum Gasteiger partial charge on any atom is 0.433 e. The fourth-order valence-electron chi connectivity index (χ4n) is 3.11. The minimum absolute atomic E-state index is 0.117. The molecule has 1 N–H and O–H groups in total. The third kappa shape index (κ3) is 14.0. The smallest absolute Gasteiger partial charge is 0.433 e. The molecular formula is C32H45F5N2O4. The SMILES string of the molecule is CCC(C)=NOC(=O)NCCOC(=O)C(C)CC.CCC(C)c1c(F)c(F)c(F)c(F)c1F.CCC(C)c1ccccc1. The molecule has 2 rings (SSSR count). The summed E-state index contributed by atoms with van der Waals surface area (Å²) >= 11 is 0. The number of halogens is 5. The van der Waals surface area contributed by atoms with Crippen LogP contribution in [0, 0.1) is 35.0 Å². The zero-order valence-corrected chi connectivity index (χ0v) is 26.3. The highest BCUT2D eigenvalue weighted by molar-refractivity contribution is 5.81. The van der Waals surface area contributed by atoms with Crippen molar-refractivity contribution in [2.24, 2.45) is 11.1 Å². The number of ether oxygens (including phenoxy) is 1. The van der Waals surface area contributed by atoms with Gasteiger partial charge in [0.2, 0.25) is 5.82 Å². The maximum absolute atomic E-state index is 13.1. The van der Waals surface area contributed by atoms with Crippen LogP contribution in [0.3, 0.4) is 0 Å². The number of carbonyl (C=O) groups excluding carboxylic acids is 2. The van der Waals surface area contributed by atoms with E-state index < -0.39 is 46.7 Å². The first-order valence-electron chi connectivity index (χ1n) is 14.5. The molecule has 2 aromatic rings. The average Bonchev–Trinajstić information content (AvgIpc) is 3.03. The Morgan fingerprint density at radius 1 is 0.791 bits per heavy atom. The molecule has 242 valence electrons. The summed E-state index contributed by atoms with van der Waals surface area (Å²) in [6, 6.07) is 10.6. The third-order valence-corrected chi connectivity index (χ3v) is 6.76. The van der Waals surface area contributed by atoms with E-state index in [2.05, 4.69) is 59.5 Å². The molecule has 3 atom stereocenters. The normalized spacial score (nSPS) is 12.9. The molecule has 0 saturated heterocycles. The van der Waals surface area contributed by atoms with E-state index >= 15 is 0 Å². The van der Waals surface area contributed by atoms with E-state index in [-0.39, 0.29) is 25.0 Å². The second kappa shape index (κ2) is 21.2. The van der Waals surface area contributed by atoms with Crippen LogP contribution in [0.1, 0.15) is 104 Å². The molecule has 0 aromatic heterocycles. The molecule has 0 aliphatic rings. The highest BCUT2D eigenvalue weighted by Gasteiger charge is 2.27.